The van der Waals surface area contributed by atoms with Gasteiger partial charge < -0.3 is 26.0 Å². The van der Waals surface area contributed by atoms with Crippen molar-refractivity contribution in [1.82, 2.24) is 21.3 Å². The Bertz CT molecular complexity index is 1090. The van der Waals surface area contributed by atoms with Gasteiger partial charge in [0.15, 0.2) is 0 Å². The maximum atomic E-state index is 13.2. The molecule has 2 aromatic rings. The van der Waals surface area contributed by atoms with E-state index in [4.69, 9.17) is 4.74 Å². The van der Waals surface area contributed by atoms with Crippen LogP contribution in [0.15, 0.2) is 54.6 Å². The molecule has 9 heteroatoms. The van der Waals surface area contributed by atoms with Gasteiger partial charge in [0, 0.05) is 13.1 Å². The van der Waals surface area contributed by atoms with Crippen molar-refractivity contribution in [3.05, 3.63) is 65.7 Å². The zero-order chi connectivity index (χ0) is 27.3. The third kappa shape index (κ3) is 9.21. The Morgan fingerprint density at radius 3 is 2.53 bits per heavy atom. The molecule has 0 unspecified atom stereocenters. The highest BCUT2D eigenvalue weighted by Crippen LogP contribution is 2.18. The number of carbonyl (C=O) groups excluding carboxylic acids is 4. The smallest absolute Gasteiger partial charge is 0.255 e. The summed E-state index contributed by atoms with van der Waals surface area (Å²) >= 11 is 0. The number of benzene rings is 2. The summed E-state index contributed by atoms with van der Waals surface area (Å²) in [6.45, 7) is 4.97. The average Bonchev–Trinajstić information content (AvgIpc) is 2.90. The molecule has 0 bridgehead atoms. The summed E-state index contributed by atoms with van der Waals surface area (Å²) in [4.78, 5) is 52.1. The summed E-state index contributed by atoms with van der Waals surface area (Å²) < 4.78 is 5.80. The van der Waals surface area contributed by atoms with E-state index in [1.807, 2.05) is 44.2 Å². The monoisotopic (exact) mass is 522 g/mol. The standard InChI is InChI=1S/C29H38N4O5/c1-20(2)18-23-28(36)31-16-9-17-38-25-14-7-6-13-22(25)27(35)33-24(19-26(34)32-23)29(37)30-15-8-12-21-10-4-3-5-11-21/h3-7,10-11,13-14,20,23-24H,8-9,12,15-19H2,1-2H3,(H,30,37)(H,31,36)(H,32,34)(H,33,35)/t23-,24-/m0/s1. The normalized spacial score (nSPS) is 19.1. The maximum absolute atomic E-state index is 13.2. The molecule has 9 nitrogen and oxygen atoms in total. The minimum atomic E-state index is -1.12. The highest BCUT2D eigenvalue weighted by molar-refractivity contribution is 6.01. The van der Waals surface area contributed by atoms with Crippen LogP contribution in [-0.2, 0) is 20.8 Å². The van der Waals surface area contributed by atoms with E-state index < -0.39 is 29.8 Å². The molecular formula is C29H38N4O5. The number of hydrogen-bond acceptors (Lipinski definition) is 5. The third-order valence-electron chi connectivity index (χ3n) is 6.16. The van der Waals surface area contributed by atoms with Gasteiger partial charge >= 0.3 is 0 Å². The molecule has 3 rings (SSSR count). The van der Waals surface area contributed by atoms with Crippen LogP contribution in [0.1, 0.15) is 55.5 Å². The van der Waals surface area contributed by atoms with Crippen LogP contribution in [0.25, 0.3) is 0 Å². The number of aryl methyl sites for hydroxylation is 1. The highest BCUT2D eigenvalue weighted by atomic mass is 16.5. The maximum Gasteiger partial charge on any atom is 0.255 e. The topological polar surface area (TPSA) is 126 Å². The van der Waals surface area contributed by atoms with Gasteiger partial charge in [0.1, 0.15) is 17.8 Å². The lowest BCUT2D eigenvalue weighted by Crippen LogP contribution is -2.52. The second-order valence-corrected chi connectivity index (χ2v) is 9.85. The summed E-state index contributed by atoms with van der Waals surface area (Å²) in [6.07, 6.45) is 2.16. The molecule has 0 radical (unpaired) electrons. The van der Waals surface area contributed by atoms with Gasteiger partial charge in [0.25, 0.3) is 5.91 Å². The molecule has 38 heavy (non-hydrogen) atoms. The molecule has 204 valence electrons. The summed E-state index contributed by atoms with van der Waals surface area (Å²) in [5, 5.41) is 11.2. The second-order valence-electron chi connectivity index (χ2n) is 9.85. The molecule has 4 N–H and O–H groups in total. The summed E-state index contributed by atoms with van der Waals surface area (Å²) in [7, 11) is 0. The largest absolute Gasteiger partial charge is 0.493 e. The van der Waals surface area contributed by atoms with Crippen molar-refractivity contribution >= 4 is 23.6 Å². The number of hydrogen-bond donors (Lipinski definition) is 4. The van der Waals surface area contributed by atoms with Crippen molar-refractivity contribution in [2.24, 2.45) is 5.92 Å². The van der Waals surface area contributed by atoms with E-state index in [1.54, 1.807) is 24.3 Å². The van der Waals surface area contributed by atoms with E-state index in [1.165, 1.54) is 0 Å². The lowest BCUT2D eigenvalue weighted by molar-refractivity contribution is -0.131. The molecule has 0 saturated carbocycles. The van der Waals surface area contributed by atoms with Crippen LogP contribution in [0.2, 0.25) is 0 Å². The zero-order valence-corrected chi connectivity index (χ0v) is 22.1. The number of fused-ring (bicyclic) bond motifs is 1. The van der Waals surface area contributed by atoms with Crippen molar-refractivity contribution in [2.75, 3.05) is 19.7 Å². The first-order valence-electron chi connectivity index (χ1n) is 13.2. The molecule has 1 aliphatic heterocycles. The Morgan fingerprint density at radius 1 is 1.03 bits per heavy atom. The number of rotatable bonds is 7. The molecule has 0 spiro atoms. The van der Waals surface area contributed by atoms with E-state index in [2.05, 4.69) is 21.3 Å². The van der Waals surface area contributed by atoms with Crippen LogP contribution in [0.3, 0.4) is 0 Å². The van der Waals surface area contributed by atoms with Crippen molar-refractivity contribution < 1.29 is 23.9 Å². The number of amides is 4. The number of nitrogens with one attached hydrogen (secondary N) is 4. The first-order chi connectivity index (χ1) is 18.3. The van der Waals surface area contributed by atoms with Crippen LogP contribution in [0.5, 0.6) is 5.75 Å². The van der Waals surface area contributed by atoms with Gasteiger partial charge in [-0.25, -0.2) is 0 Å². The summed E-state index contributed by atoms with van der Waals surface area (Å²) in [5.74, 6) is -1.22. The van der Waals surface area contributed by atoms with Gasteiger partial charge in [-0.1, -0.05) is 56.3 Å². The van der Waals surface area contributed by atoms with Gasteiger partial charge in [0.2, 0.25) is 17.7 Å². The second kappa shape index (κ2) is 14.8. The van der Waals surface area contributed by atoms with Crippen molar-refractivity contribution in [1.29, 1.82) is 0 Å². The van der Waals surface area contributed by atoms with Crippen LogP contribution in [0.4, 0.5) is 0 Å². The molecule has 2 aromatic carbocycles. The minimum Gasteiger partial charge on any atom is -0.493 e. The predicted octanol–water partition coefficient (Wildman–Crippen LogP) is 2.35. The third-order valence-corrected chi connectivity index (χ3v) is 6.16. The van der Waals surface area contributed by atoms with Crippen LogP contribution >= 0.6 is 0 Å². The Labute approximate surface area is 224 Å². The minimum absolute atomic E-state index is 0.161. The average molecular weight is 523 g/mol. The fraction of sp³-hybridized carbons (Fsp3) is 0.448. The van der Waals surface area contributed by atoms with E-state index >= 15 is 0 Å². The number of para-hydroxylation sites is 1. The molecule has 1 aliphatic rings. The number of ether oxygens (including phenoxy) is 1. The van der Waals surface area contributed by atoms with Crippen LogP contribution < -0.4 is 26.0 Å². The van der Waals surface area contributed by atoms with Crippen molar-refractivity contribution in [2.45, 2.75) is 58.0 Å². The fourth-order valence-electron chi connectivity index (χ4n) is 4.23. The first-order valence-corrected chi connectivity index (χ1v) is 13.2. The Kier molecular flexibility index (Phi) is 11.1. The van der Waals surface area contributed by atoms with Crippen LogP contribution in [0, 0.1) is 5.92 Å². The van der Waals surface area contributed by atoms with Gasteiger partial charge in [-0.2, -0.15) is 0 Å². The molecular weight excluding hydrogens is 484 g/mol. The molecule has 0 fully saturated rings. The van der Waals surface area contributed by atoms with Gasteiger partial charge in [0.05, 0.1) is 18.6 Å². The summed E-state index contributed by atoms with van der Waals surface area (Å²) in [6, 6.07) is 14.8. The lowest BCUT2D eigenvalue weighted by Gasteiger charge is -2.22. The molecule has 4 amide bonds. The van der Waals surface area contributed by atoms with E-state index in [0.717, 1.165) is 12.0 Å². The lowest BCUT2D eigenvalue weighted by atomic mass is 10.0. The van der Waals surface area contributed by atoms with Crippen LogP contribution in [-0.4, -0.2) is 55.4 Å². The van der Waals surface area contributed by atoms with Crippen molar-refractivity contribution in [3.63, 3.8) is 0 Å². The Hall–Kier alpha value is -3.88. The molecule has 0 aromatic heterocycles. The molecule has 1 heterocycles. The van der Waals surface area contributed by atoms with E-state index in [0.29, 0.717) is 38.1 Å². The SMILES string of the molecule is CC(C)C[C@@H]1NC(=O)C[C@@H](C(=O)NCCCc2ccccc2)NC(=O)c2ccccc2OCCCNC1=O. The van der Waals surface area contributed by atoms with E-state index in [-0.39, 0.29) is 30.4 Å². The Balaban J connectivity index is 1.75. The quantitative estimate of drug-likeness (QED) is 0.416. The van der Waals surface area contributed by atoms with Gasteiger partial charge in [-0.15, -0.1) is 0 Å². The van der Waals surface area contributed by atoms with Crippen molar-refractivity contribution in [3.8, 4) is 5.75 Å². The predicted molar refractivity (Wildman–Crippen MR) is 145 cm³/mol. The van der Waals surface area contributed by atoms with Gasteiger partial charge in [-0.3, -0.25) is 19.2 Å². The highest BCUT2D eigenvalue weighted by Gasteiger charge is 2.28. The Morgan fingerprint density at radius 2 is 1.76 bits per heavy atom. The fourth-order valence-corrected chi connectivity index (χ4v) is 4.23. The van der Waals surface area contributed by atoms with E-state index in [9.17, 15) is 19.2 Å². The molecule has 0 aliphatic carbocycles. The number of carbonyl (C=O) groups is 4. The first kappa shape index (κ1) is 28.7. The molecule has 2 atom stereocenters. The van der Waals surface area contributed by atoms with Gasteiger partial charge in [-0.05, 0) is 49.3 Å². The summed E-state index contributed by atoms with van der Waals surface area (Å²) in [5.41, 5.74) is 1.43. The zero-order valence-electron chi connectivity index (χ0n) is 22.1. The molecule has 0 saturated heterocycles.